The monoisotopic (exact) mass is 465 g/mol. The maximum absolute atomic E-state index is 14.1. The van der Waals surface area contributed by atoms with E-state index in [2.05, 4.69) is 16.8 Å². The van der Waals surface area contributed by atoms with E-state index in [-0.39, 0.29) is 38.2 Å². The van der Waals surface area contributed by atoms with Crippen LogP contribution in [0.1, 0.15) is 17.7 Å². The Hall–Kier alpha value is -2.87. The quantitative estimate of drug-likeness (QED) is 0.337. The Balaban J connectivity index is 1.45. The predicted octanol–water partition coefficient (Wildman–Crippen LogP) is 4.55. The smallest absolute Gasteiger partial charge is 0.417 e. The first kappa shape index (κ1) is 22.3. The molecular formula is C22H19F4N3O2S. The van der Waals surface area contributed by atoms with Crippen LogP contribution in [0.5, 0.6) is 11.5 Å². The summed E-state index contributed by atoms with van der Waals surface area (Å²) in [6, 6.07) is 7.57. The molecule has 1 aromatic carbocycles. The summed E-state index contributed by atoms with van der Waals surface area (Å²) >= 11 is 1.33. The minimum atomic E-state index is -4.62. The number of ether oxygens (including phenoxy) is 1. The highest BCUT2D eigenvalue weighted by molar-refractivity contribution is 7.19. The van der Waals surface area contributed by atoms with Crippen molar-refractivity contribution in [2.75, 3.05) is 25.4 Å². The highest BCUT2D eigenvalue weighted by atomic mass is 32.1. The second-order valence-corrected chi connectivity index (χ2v) is 8.59. The number of aliphatic hydroxyl groups is 1. The Bertz CT molecular complexity index is 1190. The molecule has 1 aliphatic rings. The van der Waals surface area contributed by atoms with Crippen LogP contribution in [0.25, 0.3) is 10.2 Å². The van der Waals surface area contributed by atoms with E-state index in [9.17, 15) is 22.7 Å². The van der Waals surface area contributed by atoms with Crippen molar-refractivity contribution < 1.29 is 27.4 Å². The van der Waals surface area contributed by atoms with E-state index in [0.717, 1.165) is 0 Å². The molecule has 0 aliphatic carbocycles. The van der Waals surface area contributed by atoms with Crippen LogP contribution in [0.15, 0.2) is 36.5 Å². The summed E-state index contributed by atoms with van der Waals surface area (Å²) in [6.45, 7) is 0.517. The molecule has 2 aromatic heterocycles. The van der Waals surface area contributed by atoms with Gasteiger partial charge in [0.2, 0.25) is 0 Å². The lowest BCUT2D eigenvalue weighted by molar-refractivity contribution is -0.272. The SMILES string of the molecule is Nc1ccc(Oc2ccnc3cc(C#CCN4CCC(O)(C(F)(F)F)CC4)sc23)c(F)c1. The molecule has 1 fully saturated rings. The third-order valence-electron chi connectivity index (χ3n) is 5.28. The number of hydrogen-bond donors (Lipinski definition) is 2. The predicted molar refractivity (Wildman–Crippen MR) is 114 cm³/mol. The van der Waals surface area contributed by atoms with Gasteiger partial charge in [-0.05, 0) is 31.0 Å². The number of anilines is 1. The fraction of sp³-hybridized carbons (Fsp3) is 0.318. The molecule has 1 aliphatic heterocycles. The lowest BCUT2D eigenvalue weighted by Gasteiger charge is -2.38. The zero-order valence-electron chi connectivity index (χ0n) is 16.7. The molecule has 0 spiro atoms. The first-order valence-electron chi connectivity index (χ1n) is 9.76. The number of hydrogen-bond acceptors (Lipinski definition) is 6. The fourth-order valence-corrected chi connectivity index (χ4v) is 4.32. The third-order valence-corrected chi connectivity index (χ3v) is 6.33. The molecule has 0 unspecified atom stereocenters. The zero-order chi connectivity index (χ0) is 22.9. The molecule has 10 heteroatoms. The van der Waals surface area contributed by atoms with Crippen LogP contribution in [0.4, 0.5) is 23.2 Å². The topological polar surface area (TPSA) is 71.6 Å². The summed E-state index contributed by atoms with van der Waals surface area (Å²) < 4.78 is 59.2. The van der Waals surface area contributed by atoms with Crippen molar-refractivity contribution in [3.05, 3.63) is 47.2 Å². The minimum absolute atomic E-state index is 0.0386. The van der Waals surface area contributed by atoms with Gasteiger partial charge in [0, 0.05) is 37.1 Å². The maximum atomic E-state index is 14.1. The van der Waals surface area contributed by atoms with Gasteiger partial charge in [0.15, 0.2) is 17.2 Å². The number of thiophene rings is 1. The molecule has 0 saturated carbocycles. The summed E-state index contributed by atoms with van der Waals surface area (Å²) in [7, 11) is 0. The van der Waals surface area contributed by atoms with Gasteiger partial charge in [-0.3, -0.25) is 9.88 Å². The molecular weight excluding hydrogens is 446 g/mol. The molecule has 3 heterocycles. The van der Waals surface area contributed by atoms with Crippen molar-refractivity contribution in [2.24, 2.45) is 0 Å². The molecule has 3 N–H and O–H groups in total. The van der Waals surface area contributed by atoms with Gasteiger partial charge in [0.25, 0.3) is 0 Å². The van der Waals surface area contributed by atoms with Crippen LogP contribution in [0.2, 0.25) is 0 Å². The molecule has 1 saturated heterocycles. The molecule has 5 nitrogen and oxygen atoms in total. The summed E-state index contributed by atoms with van der Waals surface area (Å²) in [5, 5.41) is 9.74. The summed E-state index contributed by atoms with van der Waals surface area (Å²) in [5.41, 5.74) is 3.88. The number of pyridine rings is 1. The molecule has 32 heavy (non-hydrogen) atoms. The van der Waals surface area contributed by atoms with E-state index < -0.39 is 17.6 Å². The average Bonchev–Trinajstić information content (AvgIpc) is 3.15. The van der Waals surface area contributed by atoms with E-state index in [1.165, 1.54) is 29.5 Å². The first-order valence-corrected chi connectivity index (χ1v) is 10.6. The number of alkyl halides is 3. The first-order chi connectivity index (χ1) is 15.1. The van der Waals surface area contributed by atoms with E-state index in [1.807, 2.05) is 0 Å². The normalized spacial score (nSPS) is 16.5. The average molecular weight is 465 g/mol. The van der Waals surface area contributed by atoms with Gasteiger partial charge in [-0.2, -0.15) is 13.2 Å². The Morgan fingerprint density at radius 2 is 1.94 bits per heavy atom. The van der Waals surface area contributed by atoms with Gasteiger partial charge >= 0.3 is 6.18 Å². The number of nitrogens with two attached hydrogens (primary N) is 1. The fourth-order valence-electron chi connectivity index (χ4n) is 3.38. The van der Waals surface area contributed by atoms with Crippen LogP contribution >= 0.6 is 11.3 Å². The molecule has 3 aromatic rings. The number of likely N-dealkylation sites (tertiary alicyclic amines) is 1. The Morgan fingerprint density at radius 3 is 2.62 bits per heavy atom. The van der Waals surface area contributed by atoms with E-state index in [0.29, 0.717) is 26.5 Å². The third kappa shape index (κ3) is 4.65. The maximum Gasteiger partial charge on any atom is 0.417 e. The van der Waals surface area contributed by atoms with E-state index in [1.54, 1.807) is 23.2 Å². The highest BCUT2D eigenvalue weighted by Gasteiger charge is 2.54. The molecule has 0 radical (unpaired) electrons. The summed E-state index contributed by atoms with van der Waals surface area (Å²) in [4.78, 5) is 6.76. The Labute approximate surface area is 185 Å². The minimum Gasteiger partial charge on any atom is -0.453 e. The number of halogens is 4. The van der Waals surface area contributed by atoms with Crippen molar-refractivity contribution in [1.29, 1.82) is 0 Å². The lowest BCUT2D eigenvalue weighted by atomic mass is 9.91. The van der Waals surface area contributed by atoms with E-state index >= 15 is 0 Å². The number of piperidine rings is 1. The van der Waals surface area contributed by atoms with Crippen LogP contribution in [0.3, 0.4) is 0 Å². The van der Waals surface area contributed by atoms with Crippen LogP contribution in [-0.4, -0.2) is 46.4 Å². The number of benzene rings is 1. The Morgan fingerprint density at radius 1 is 1.19 bits per heavy atom. The van der Waals surface area contributed by atoms with Gasteiger partial charge < -0.3 is 15.6 Å². The van der Waals surface area contributed by atoms with Gasteiger partial charge in [0.1, 0.15) is 5.75 Å². The number of nitrogen functional groups attached to an aromatic ring is 1. The second-order valence-electron chi connectivity index (χ2n) is 7.53. The standard InChI is InChI=1S/C22H19F4N3O2S/c23-16-12-14(27)3-4-18(16)31-19-5-8-28-17-13-15(32-20(17)19)2-1-9-29-10-6-21(30,7-11-29)22(24,25)26/h3-5,8,12-13,30H,6-7,9-11,27H2. The number of nitrogens with zero attached hydrogens (tertiary/aromatic N) is 2. The molecule has 0 bridgehead atoms. The number of fused-ring (bicyclic) bond motifs is 1. The van der Waals surface area contributed by atoms with Crippen molar-refractivity contribution in [1.82, 2.24) is 9.88 Å². The second kappa shape index (κ2) is 8.58. The molecule has 4 rings (SSSR count). The van der Waals surface area contributed by atoms with Crippen molar-refractivity contribution in [2.45, 2.75) is 24.6 Å². The Kier molecular flexibility index (Phi) is 5.99. The van der Waals surface area contributed by atoms with Crippen molar-refractivity contribution in [3.8, 4) is 23.3 Å². The van der Waals surface area contributed by atoms with Crippen molar-refractivity contribution in [3.63, 3.8) is 0 Å². The largest absolute Gasteiger partial charge is 0.453 e. The van der Waals surface area contributed by atoms with Crippen LogP contribution in [-0.2, 0) is 0 Å². The van der Waals surface area contributed by atoms with Gasteiger partial charge in [-0.1, -0.05) is 11.8 Å². The zero-order valence-corrected chi connectivity index (χ0v) is 17.6. The van der Waals surface area contributed by atoms with Gasteiger partial charge in [-0.25, -0.2) is 4.39 Å². The van der Waals surface area contributed by atoms with Crippen LogP contribution < -0.4 is 10.5 Å². The number of rotatable bonds is 3. The molecule has 0 atom stereocenters. The number of aromatic nitrogens is 1. The van der Waals surface area contributed by atoms with Crippen molar-refractivity contribution >= 4 is 27.2 Å². The molecule has 168 valence electrons. The molecule has 0 amide bonds. The summed E-state index contributed by atoms with van der Waals surface area (Å²) in [6.07, 6.45) is -3.81. The lowest BCUT2D eigenvalue weighted by Crippen LogP contribution is -2.53. The van der Waals surface area contributed by atoms with E-state index in [4.69, 9.17) is 10.5 Å². The summed E-state index contributed by atoms with van der Waals surface area (Å²) in [5.74, 6) is 5.85. The van der Waals surface area contributed by atoms with Gasteiger partial charge in [0.05, 0.1) is 21.6 Å². The highest BCUT2D eigenvalue weighted by Crippen LogP contribution is 2.38. The van der Waals surface area contributed by atoms with Crippen LogP contribution in [0, 0.1) is 17.7 Å². The van der Waals surface area contributed by atoms with Gasteiger partial charge in [-0.15, -0.1) is 11.3 Å².